The van der Waals surface area contributed by atoms with Gasteiger partial charge in [0, 0.05) is 44.3 Å². The number of hydrogen-bond donors (Lipinski definition) is 0. The lowest BCUT2D eigenvalue weighted by Gasteiger charge is -2.55. The number of nitrogens with zero attached hydrogens (tertiary/aromatic N) is 9. The lowest BCUT2D eigenvalue weighted by atomic mass is 9.35. The van der Waals surface area contributed by atoms with E-state index in [2.05, 4.69) is 0 Å². The Morgan fingerprint density at radius 2 is 0.595 bits per heavy atom. The van der Waals surface area contributed by atoms with Crippen molar-refractivity contribution in [1.82, 2.24) is 0 Å². The fourth-order valence-corrected chi connectivity index (χ4v) is 6.88. The summed E-state index contributed by atoms with van der Waals surface area (Å²) in [6.45, 7) is 0. The second-order valence-corrected chi connectivity index (χ2v) is 8.40. The zero-order chi connectivity index (χ0) is 28.8. The Morgan fingerprint density at radius 1 is 0.378 bits per heavy atom. The largest absolute Gasteiger partial charge is 0.440 e. The summed E-state index contributed by atoms with van der Waals surface area (Å²) in [4.78, 5) is 89.7. The van der Waals surface area contributed by atoms with Crippen molar-refractivity contribution in [2.75, 3.05) is 0 Å². The van der Waals surface area contributed by atoms with Crippen LogP contribution in [0.15, 0.2) is 0 Å². The number of nitro groups is 9. The lowest BCUT2D eigenvalue weighted by molar-refractivity contribution is -0.898. The van der Waals surface area contributed by atoms with E-state index in [0.29, 0.717) is 0 Å². The molecule has 4 aliphatic carbocycles. The molecule has 0 aliphatic heterocycles. The van der Waals surface area contributed by atoms with Gasteiger partial charge < -0.3 is 0 Å². The Bertz CT molecular complexity index is 1110. The van der Waals surface area contributed by atoms with Gasteiger partial charge in [0.05, 0.1) is 0 Å². The van der Waals surface area contributed by atoms with E-state index < -0.39 is 103 Å². The van der Waals surface area contributed by atoms with Crippen LogP contribution in [-0.2, 0) is 0 Å². The van der Waals surface area contributed by atoms with E-state index in [1.807, 2.05) is 0 Å². The molecule has 27 heteroatoms. The van der Waals surface area contributed by atoms with Gasteiger partial charge in [0.15, 0.2) is 0 Å². The molecule has 4 fully saturated rings. The number of rotatable bonds is 9. The van der Waals surface area contributed by atoms with E-state index in [9.17, 15) is 91.0 Å². The highest BCUT2D eigenvalue weighted by molar-refractivity contribution is 5.39. The van der Waals surface area contributed by atoms with Crippen LogP contribution in [0.5, 0.6) is 0 Å². The van der Waals surface area contributed by atoms with E-state index in [1.165, 1.54) is 0 Å². The summed E-state index contributed by atoms with van der Waals surface area (Å²) in [6.07, 6.45) is -2.52. The summed E-state index contributed by atoms with van der Waals surface area (Å²) in [7, 11) is 0. The molecule has 4 bridgehead atoms. The first-order valence-corrected chi connectivity index (χ1v) is 9.07. The maximum Gasteiger partial charge on any atom is 0.440 e. The lowest BCUT2D eigenvalue weighted by Crippen LogP contribution is -3.05. The summed E-state index contributed by atoms with van der Waals surface area (Å²) in [5.74, 6) is 0. The molecule has 27 nitrogen and oxygen atoms in total. The predicted molar refractivity (Wildman–Crippen MR) is 97.4 cm³/mol. The van der Waals surface area contributed by atoms with Gasteiger partial charge in [-0.25, -0.2) is 0 Å². The molecule has 4 atom stereocenters. The van der Waals surface area contributed by atoms with E-state index in [0.717, 1.165) is 0 Å². The highest BCUT2D eigenvalue weighted by Gasteiger charge is 3.19. The Kier molecular flexibility index (Phi) is 5.00. The van der Waals surface area contributed by atoms with Gasteiger partial charge in [-0.1, -0.05) is 0 Å². The molecule has 4 aliphatic rings. The molecule has 4 saturated carbocycles. The first-order chi connectivity index (χ1) is 16.8. The van der Waals surface area contributed by atoms with Gasteiger partial charge in [-0.3, -0.25) is 91.0 Å². The maximum atomic E-state index is 12.3. The molecule has 0 spiro atoms. The van der Waals surface area contributed by atoms with Crippen molar-refractivity contribution in [2.24, 2.45) is 0 Å². The summed E-state index contributed by atoms with van der Waals surface area (Å²) in [5, 5.41) is 109. The Balaban J connectivity index is 2.91. The maximum absolute atomic E-state index is 12.3. The molecule has 0 heterocycles. The van der Waals surface area contributed by atoms with Crippen LogP contribution < -0.4 is 0 Å². The summed E-state index contributed by atoms with van der Waals surface area (Å²) in [5.41, 5.74) is -18.9. The van der Waals surface area contributed by atoms with Crippen molar-refractivity contribution in [3.63, 3.8) is 0 Å². The van der Waals surface area contributed by atoms with Crippen molar-refractivity contribution in [3.05, 3.63) is 91.0 Å². The van der Waals surface area contributed by atoms with Crippen molar-refractivity contribution >= 4 is 0 Å². The minimum atomic E-state index is -4.93. The van der Waals surface area contributed by atoms with Crippen LogP contribution in [0.1, 0.15) is 6.42 Å². The third-order valence-electron chi connectivity index (χ3n) is 7.45. The van der Waals surface area contributed by atoms with Crippen molar-refractivity contribution < 1.29 is 44.3 Å². The third-order valence-corrected chi connectivity index (χ3v) is 7.45. The Labute approximate surface area is 195 Å². The molecule has 0 radical (unpaired) electrons. The standard InChI is InChI=1S/C10H7N9O18/c20-11(21)2-7(16(30)31)1-8(17(32)33)4(13(24)25)9(2,18(34)35)6(15(28)29)10(19(36)37,3(7)12(22)23)5(8)14(26)27/h2-6H,1H2. The molecule has 4 rings (SSSR count). The second kappa shape index (κ2) is 7.07. The van der Waals surface area contributed by atoms with E-state index >= 15 is 0 Å². The minimum absolute atomic E-state index is 2.13. The monoisotopic (exact) mass is 541 g/mol. The normalized spacial score (nSPS) is 41.4. The van der Waals surface area contributed by atoms with Crippen molar-refractivity contribution in [2.45, 2.75) is 58.8 Å². The van der Waals surface area contributed by atoms with Gasteiger partial charge in [0.1, 0.15) is 6.42 Å². The van der Waals surface area contributed by atoms with Gasteiger partial charge >= 0.3 is 52.4 Å². The van der Waals surface area contributed by atoms with E-state index in [4.69, 9.17) is 0 Å². The van der Waals surface area contributed by atoms with Crippen LogP contribution in [-0.4, -0.2) is 96.7 Å². The highest BCUT2D eigenvalue weighted by atomic mass is 16.7. The third kappa shape index (κ3) is 2.29. The van der Waals surface area contributed by atoms with Crippen LogP contribution in [0.3, 0.4) is 0 Å². The zero-order valence-corrected chi connectivity index (χ0v) is 17.0. The average Bonchev–Trinajstić information content (AvgIpc) is 2.70. The minimum Gasteiger partial charge on any atom is -0.264 e. The number of hydrogen-bond acceptors (Lipinski definition) is 18. The first-order valence-electron chi connectivity index (χ1n) is 9.07. The second-order valence-electron chi connectivity index (χ2n) is 8.40. The topological polar surface area (TPSA) is 388 Å². The molecule has 4 unspecified atom stereocenters. The fourth-order valence-electron chi connectivity index (χ4n) is 6.88. The van der Waals surface area contributed by atoms with Crippen LogP contribution in [0, 0.1) is 91.0 Å². The van der Waals surface area contributed by atoms with Crippen molar-refractivity contribution in [1.29, 1.82) is 0 Å². The fraction of sp³-hybridized carbons (Fsp3) is 1.00. The Morgan fingerprint density at radius 3 is 0.730 bits per heavy atom. The summed E-state index contributed by atoms with van der Waals surface area (Å²) >= 11 is 0. The van der Waals surface area contributed by atoms with Crippen molar-refractivity contribution in [3.8, 4) is 0 Å². The van der Waals surface area contributed by atoms with Gasteiger partial charge in [0.25, 0.3) is 0 Å². The first kappa shape index (κ1) is 26.2. The summed E-state index contributed by atoms with van der Waals surface area (Å²) < 4.78 is 0. The molecule has 0 N–H and O–H groups in total. The zero-order valence-electron chi connectivity index (χ0n) is 17.0. The molecular weight excluding hydrogens is 534 g/mol. The molecular formula is C10H7N9O18. The average molecular weight is 541 g/mol. The SMILES string of the molecule is O=[N+]([O-])C1C2([N+](=O)[O-])CC3([N+](=O)[O-])C([N+](=O)[O-])C1([N+](=O)[O-])C([N+](=O)[O-])C([N+](=O)[O-])(C2[N+](=O)[O-])C3[N+](=O)[O-]. The van der Waals surface area contributed by atoms with Crippen LogP contribution >= 0.6 is 0 Å². The predicted octanol–water partition coefficient (Wildman–Crippen LogP) is -3.29. The van der Waals surface area contributed by atoms with E-state index in [-0.39, 0.29) is 0 Å². The molecule has 0 aromatic heterocycles. The van der Waals surface area contributed by atoms with Gasteiger partial charge in [-0.05, 0) is 0 Å². The van der Waals surface area contributed by atoms with Crippen LogP contribution in [0.25, 0.3) is 0 Å². The smallest absolute Gasteiger partial charge is 0.264 e. The quantitative estimate of drug-likeness (QED) is 0.204. The van der Waals surface area contributed by atoms with Crippen LogP contribution in [0.4, 0.5) is 0 Å². The van der Waals surface area contributed by atoms with Gasteiger partial charge in [-0.2, -0.15) is 0 Å². The van der Waals surface area contributed by atoms with E-state index in [1.54, 1.807) is 0 Å². The molecule has 37 heavy (non-hydrogen) atoms. The highest BCUT2D eigenvalue weighted by Crippen LogP contribution is 2.67. The molecule has 0 amide bonds. The molecule has 0 aromatic rings. The molecule has 200 valence electrons. The molecule has 0 aromatic carbocycles. The van der Waals surface area contributed by atoms with Gasteiger partial charge in [0.2, 0.25) is 0 Å². The summed E-state index contributed by atoms with van der Waals surface area (Å²) in [6, 6.07) is -20.4. The van der Waals surface area contributed by atoms with Gasteiger partial charge in [-0.15, -0.1) is 0 Å². The Hall–Kier alpha value is -5.40. The van der Waals surface area contributed by atoms with Crippen LogP contribution in [0.2, 0.25) is 0 Å². The molecule has 0 saturated heterocycles.